The van der Waals surface area contributed by atoms with Crippen LogP contribution in [0.1, 0.15) is 32.7 Å². The van der Waals surface area contributed by atoms with Crippen molar-refractivity contribution in [2.24, 2.45) is 0 Å². The number of hydrogen-bond acceptors (Lipinski definition) is 7. The molecular weight excluding hydrogens is 552 g/mol. The number of furan rings is 1. The van der Waals surface area contributed by atoms with Crippen molar-refractivity contribution in [3.63, 3.8) is 0 Å². The van der Waals surface area contributed by atoms with Crippen molar-refractivity contribution in [3.05, 3.63) is 138 Å². The van der Waals surface area contributed by atoms with Crippen LogP contribution in [0.4, 0.5) is 11.5 Å². The predicted octanol–water partition coefficient (Wildman–Crippen LogP) is 6.46. The molecule has 3 N–H and O–H groups in total. The molecule has 0 spiro atoms. The minimum atomic E-state index is -0.570. The van der Waals surface area contributed by atoms with E-state index in [1.165, 1.54) is 24.1 Å². The third-order valence-electron chi connectivity index (χ3n) is 5.94. The standard InChI is InChI=1S/C32H26N4O5S/c1-21-19-28(36-41-21)35-32(39)29(22-9-4-2-5-10-22)42-26-16-14-24(15-17-26)33-31(38)27(20-25-13-8-18-40-25)34-30(37)23-11-6-3-7-12-23/h2-20,29H,1H3,(H,33,38)(H,34,37)(H,35,36,39)/b27-20-. The quantitative estimate of drug-likeness (QED) is 0.128. The van der Waals surface area contributed by atoms with Gasteiger partial charge in [0, 0.05) is 28.3 Å². The zero-order valence-electron chi connectivity index (χ0n) is 22.4. The predicted molar refractivity (Wildman–Crippen MR) is 161 cm³/mol. The Morgan fingerprint density at radius 2 is 1.57 bits per heavy atom. The lowest BCUT2D eigenvalue weighted by Gasteiger charge is -2.16. The molecule has 0 aliphatic carbocycles. The van der Waals surface area contributed by atoms with Gasteiger partial charge in [-0.1, -0.05) is 53.7 Å². The van der Waals surface area contributed by atoms with Gasteiger partial charge in [0.1, 0.15) is 22.5 Å². The average molecular weight is 579 g/mol. The van der Waals surface area contributed by atoms with Crippen molar-refractivity contribution in [3.8, 4) is 0 Å². The highest BCUT2D eigenvalue weighted by Gasteiger charge is 2.23. The fraction of sp³-hybridized carbons (Fsp3) is 0.0625. The molecule has 0 saturated carbocycles. The van der Waals surface area contributed by atoms with E-state index in [0.717, 1.165) is 10.5 Å². The van der Waals surface area contributed by atoms with E-state index >= 15 is 0 Å². The number of benzene rings is 3. The summed E-state index contributed by atoms with van der Waals surface area (Å²) in [6.07, 6.45) is 2.94. The second-order valence-corrected chi connectivity index (χ2v) is 10.3. The summed E-state index contributed by atoms with van der Waals surface area (Å²) in [4.78, 5) is 40.0. The maximum atomic E-state index is 13.2. The zero-order chi connectivity index (χ0) is 29.3. The first-order valence-electron chi connectivity index (χ1n) is 12.9. The topological polar surface area (TPSA) is 126 Å². The van der Waals surface area contributed by atoms with E-state index in [9.17, 15) is 14.4 Å². The van der Waals surface area contributed by atoms with Gasteiger partial charge >= 0.3 is 0 Å². The molecule has 3 amide bonds. The number of carbonyl (C=O) groups is 3. The highest BCUT2D eigenvalue weighted by atomic mass is 32.2. The summed E-state index contributed by atoms with van der Waals surface area (Å²) in [5.74, 6) is 0.135. The van der Waals surface area contributed by atoms with Crippen LogP contribution in [-0.2, 0) is 9.59 Å². The summed E-state index contributed by atoms with van der Waals surface area (Å²) in [6, 6.07) is 30.1. The Hall–Kier alpha value is -5.35. The number of rotatable bonds is 10. The Kier molecular flexibility index (Phi) is 8.95. The maximum absolute atomic E-state index is 13.2. The summed E-state index contributed by atoms with van der Waals surface area (Å²) in [5, 5.41) is 11.6. The van der Waals surface area contributed by atoms with Crippen molar-refractivity contribution in [2.45, 2.75) is 17.1 Å². The minimum absolute atomic E-state index is 0.0150. The monoisotopic (exact) mass is 578 g/mol. The van der Waals surface area contributed by atoms with E-state index in [2.05, 4.69) is 21.1 Å². The number of anilines is 2. The smallest absolute Gasteiger partial charge is 0.272 e. The van der Waals surface area contributed by atoms with Crippen LogP contribution in [0.2, 0.25) is 0 Å². The lowest BCUT2D eigenvalue weighted by atomic mass is 10.1. The molecule has 10 heteroatoms. The van der Waals surface area contributed by atoms with E-state index in [4.69, 9.17) is 8.94 Å². The minimum Gasteiger partial charge on any atom is -0.465 e. The number of aromatic nitrogens is 1. The SMILES string of the molecule is Cc1cc(NC(=O)C(Sc2ccc(NC(=O)/C(=C/c3ccco3)NC(=O)c3ccccc3)cc2)c2ccccc2)no1. The molecule has 0 radical (unpaired) electrons. The van der Waals surface area contributed by atoms with Crippen LogP contribution in [0.3, 0.4) is 0 Å². The van der Waals surface area contributed by atoms with E-state index in [1.807, 2.05) is 42.5 Å². The highest BCUT2D eigenvalue weighted by molar-refractivity contribution is 8.00. The molecule has 0 aliphatic rings. The normalized spacial score (nSPS) is 11.9. The first-order valence-corrected chi connectivity index (χ1v) is 13.8. The van der Waals surface area contributed by atoms with Gasteiger partial charge in [-0.05, 0) is 61.0 Å². The van der Waals surface area contributed by atoms with E-state index < -0.39 is 17.1 Å². The number of hydrogen-bond donors (Lipinski definition) is 3. The van der Waals surface area contributed by atoms with E-state index in [1.54, 1.807) is 67.6 Å². The Morgan fingerprint density at radius 3 is 2.21 bits per heavy atom. The van der Waals surface area contributed by atoms with Crippen molar-refractivity contribution in [1.29, 1.82) is 0 Å². The van der Waals surface area contributed by atoms with E-state index in [0.29, 0.717) is 28.6 Å². The van der Waals surface area contributed by atoms with Crippen LogP contribution in [0.15, 0.2) is 129 Å². The first-order chi connectivity index (χ1) is 20.4. The number of nitrogens with zero attached hydrogens (tertiary/aromatic N) is 1. The molecule has 2 aromatic heterocycles. The summed E-state index contributed by atoms with van der Waals surface area (Å²) in [7, 11) is 0. The lowest BCUT2D eigenvalue weighted by Crippen LogP contribution is -2.30. The molecule has 210 valence electrons. The number of nitrogens with one attached hydrogen (secondary N) is 3. The van der Waals surface area contributed by atoms with Gasteiger partial charge in [0.25, 0.3) is 11.8 Å². The molecule has 1 atom stereocenters. The fourth-order valence-electron chi connectivity index (χ4n) is 3.93. The fourth-order valence-corrected chi connectivity index (χ4v) is 4.95. The van der Waals surface area contributed by atoms with Crippen molar-refractivity contribution in [1.82, 2.24) is 10.5 Å². The second kappa shape index (κ2) is 13.3. The van der Waals surface area contributed by atoms with Crippen LogP contribution in [0.5, 0.6) is 0 Å². The van der Waals surface area contributed by atoms with Gasteiger partial charge in [0.05, 0.1) is 6.26 Å². The van der Waals surface area contributed by atoms with Gasteiger partial charge in [0.15, 0.2) is 5.82 Å². The largest absolute Gasteiger partial charge is 0.465 e. The Morgan fingerprint density at radius 1 is 0.857 bits per heavy atom. The van der Waals surface area contributed by atoms with Gasteiger partial charge in [0.2, 0.25) is 5.91 Å². The molecule has 1 unspecified atom stereocenters. The summed E-state index contributed by atoms with van der Waals surface area (Å²) < 4.78 is 10.4. The Labute approximate surface area is 246 Å². The molecule has 9 nitrogen and oxygen atoms in total. The molecular formula is C32H26N4O5S. The summed E-state index contributed by atoms with van der Waals surface area (Å²) >= 11 is 1.35. The van der Waals surface area contributed by atoms with Gasteiger partial charge in [-0.25, -0.2) is 0 Å². The third-order valence-corrected chi connectivity index (χ3v) is 7.21. The number of aryl methyl sites for hydroxylation is 1. The van der Waals surface area contributed by atoms with Gasteiger partial charge in [-0.2, -0.15) is 0 Å². The average Bonchev–Trinajstić information content (AvgIpc) is 3.68. The Bertz CT molecular complexity index is 1680. The van der Waals surface area contributed by atoms with E-state index in [-0.39, 0.29) is 11.6 Å². The van der Waals surface area contributed by atoms with Crippen molar-refractivity contribution in [2.75, 3.05) is 10.6 Å². The van der Waals surface area contributed by atoms with Crippen LogP contribution < -0.4 is 16.0 Å². The molecule has 0 saturated heterocycles. The molecule has 5 aromatic rings. The lowest BCUT2D eigenvalue weighted by molar-refractivity contribution is -0.116. The van der Waals surface area contributed by atoms with Crippen molar-refractivity contribution >= 4 is 47.1 Å². The molecule has 5 rings (SSSR count). The molecule has 0 fully saturated rings. The van der Waals surface area contributed by atoms with Gasteiger partial charge < -0.3 is 24.9 Å². The summed E-state index contributed by atoms with van der Waals surface area (Å²) in [6.45, 7) is 1.75. The Balaban J connectivity index is 1.30. The van der Waals surface area contributed by atoms with Gasteiger partial charge in [-0.15, -0.1) is 11.8 Å². The first kappa shape index (κ1) is 28.2. The molecule has 0 aliphatic heterocycles. The zero-order valence-corrected chi connectivity index (χ0v) is 23.3. The molecule has 2 heterocycles. The summed E-state index contributed by atoms with van der Waals surface area (Å²) in [5.41, 5.74) is 1.75. The van der Waals surface area contributed by atoms with Gasteiger partial charge in [-0.3, -0.25) is 14.4 Å². The number of amides is 3. The van der Waals surface area contributed by atoms with Crippen LogP contribution in [0.25, 0.3) is 6.08 Å². The third kappa shape index (κ3) is 7.43. The molecule has 0 bridgehead atoms. The van der Waals surface area contributed by atoms with Crippen molar-refractivity contribution < 1.29 is 23.3 Å². The highest BCUT2D eigenvalue weighted by Crippen LogP contribution is 2.36. The molecule has 3 aromatic carbocycles. The maximum Gasteiger partial charge on any atom is 0.272 e. The van der Waals surface area contributed by atoms with Crippen LogP contribution in [-0.4, -0.2) is 22.9 Å². The second-order valence-electron chi connectivity index (χ2n) is 9.09. The molecule has 42 heavy (non-hydrogen) atoms. The van der Waals surface area contributed by atoms with Crippen LogP contribution >= 0.6 is 11.8 Å². The van der Waals surface area contributed by atoms with Crippen LogP contribution in [0, 0.1) is 6.92 Å². The number of thioether (sulfide) groups is 1. The number of carbonyl (C=O) groups excluding carboxylic acids is 3.